The number of aromatic nitrogens is 2. The van der Waals surface area contributed by atoms with Crippen LogP contribution >= 0.6 is 0 Å². The Morgan fingerprint density at radius 1 is 0.939 bits per heavy atom. The van der Waals surface area contributed by atoms with E-state index in [1.165, 1.54) is 36.2 Å². The van der Waals surface area contributed by atoms with E-state index in [4.69, 9.17) is 4.74 Å². The van der Waals surface area contributed by atoms with E-state index in [0.717, 1.165) is 81.4 Å². The van der Waals surface area contributed by atoms with Crippen LogP contribution in [0.25, 0.3) is 11.0 Å². The van der Waals surface area contributed by atoms with E-state index < -0.39 is 41.1 Å². The normalized spacial score (nSPS) is 19.9. The van der Waals surface area contributed by atoms with Crippen LogP contribution in [0.3, 0.4) is 0 Å². The number of pyridine rings is 1. The maximum Gasteiger partial charge on any atom is 0.501 e. The molecule has 3 aromatic carbocycles. The number of piperidine rings is 2. The molecule has 1 saturated carbocycles. The Bertz CT molecular complexity index is 2810. The third-order valence-corrected chi connectivity index (χ3v) is 17.1. The highest BCUT2D eigenvalue weighted by Gasteiger charge is 2.51. The molecule has 5 aromatic rings. The number of amides is 1. The second-order valence-corrected chi connectivity index (χ2v) is 22.3. The fourth-order valence-corrected chi connectivity index (χ4v) is 12.6. The molecular formula is C48H56F3N7O6S2. The van der Waals surface area contributed by atoms with Crippen molar-refractivity contribution in [2.75, 3.05) is 49.5 Å². The summed E-state index contributed by atoms with van der Waals surface area (Å²) < 4.78 is 103. The molecule has 0 radical (unpaired) electrons. The van der Waals surface area contributed by atoms with Crippen LogP contribution in [0, 0.1) is 11.3 Å². The van der Waals surface area contributed by atoms with E-state index in [-0.39, 0.29) is 40.6 Å². The molecule has 1 spiro atoms. The number of likely N-dealkylation sites (tertiary alicyclic amines) is 1. The van der Waals surface area contributed by atoms with E-state index in [0.29, 0.717) is 42.8 Å². The molecular weight excluding hydrogens is 892 g/mol. The van der Waals surface area contributed by atoms with Crippen molar-refractivity contribution in [2.24, 2.45) is 11.3 Å². The van der Waals surface area contributed by atoms with Crippen LogP contribution in [0.15, 0.2) is 95.0 Å². The van der Waals surface area contributed by atoms with Gasteiger partial charge in [-0.2, -0.15) is 13.2 Å². The van der Waals surface area contributed by atoms with Crippen molar-refractivity contribution in [3.8, 4) is 11.5 Å². The van der Waals surface area contributed by atoms with E-state index in [2.05, 4.69) is 68.5 Å². The summed E-state index contributed by atoms with van der Waals surface area (Å²) in [5, 5.41) is 6.72. The predicted molar refractivity (Wildman–Crippen MR) is 247 cm³/mol. The molecule has 4 N–H and O–H groups in total. The minimum absolute atomic E-state index is 0.0282. The van der Waals surface area contributed by atoms with Gasteiger partial charge in [0.25, 0.3) is 25.8 Å². The summed E-state index contributed by atoms with van der Waals surface area (Å²) in [7, 11) is -10.9. The van der Waals surface area contributed by atoms with Gasteiger partial charge in [0.15, 0.2) is 0 Å². The number of nitrogens with one attached hydrogen (secondary N) is 4. The van der Waals surface area contributed by atoms with Crippen LogP contribution in [0.2, 0.25) is 0 Å². The number of halogens is 3. The molecule has 66 heavy (non-hydrogen) atoms. The Balaban J connectivity index is 0.931. The van der Waals surface area contributed by atoms with Crippen molar-refractivity contribution in [3.63, 3.8) is 0 Å². The second kappa shape index (κ2) is 18.1. The number of hydrogen-bond donors (Lipinski definition) is 4. The Morgan fingerprint density at radius 2 is 1.70 bits per heavy atom. The number of sulfonamides is 1. The number of rotatable bonds is 13. The number of aromatic amines is 1. The number of H-pyrrole nitrogens is 1. The van der Waals surface area contributed by atoms with Crippen LogP contribution in [0.4, 0.5) is 24.5 Å². The number of ether oxygens (including phenoxy) is 1. The molecule has 4 fully saturated rings. The van der Waals surface area contributed by atoms with Crippen molar-refractivity contribution >= 4 is 48.2 Å². The van der Waals surface area contributed by atoms with Crippen LogP contribution in [-0.4, -0.2) is 88.4 Å². The van der Waals surface area contributed by atoms with Crippen molar-refractivity contribution < 1.29 is 39.5 Å². The second-order valence-electron chi connectivity index (χ2n) is 18.7. The van der Waals surface area contributed by atoms with Crippen LogP contribution in [0.1, 0.15) is 98.7 Å². The molecule has 2 aromatic heterocycles. The maximum absolute atomic E-state index is 14.0. The van der Waals surface area contributed by atoms with Gasteiger partial charge in [0.1, 0.15) is 22.0 Å². The highest BCUT2D eigenvalue weighted by molar-refractivity contribution is 7.92. The zero-order valence-electron chi connectivity index (χ0n) is 37.0. The van der Waals surface area contributed by atoms with Gasteiger partial charge < -0.3 is 25.3 Å². The van der Waals surface area contributed by atoms with E-state index in [1.807, 2.05) is 4.72 Å². The highest BCUT2D eigenvalue weighted by Crippen LogP contribution is 2.54. The van der Waals surface area contributed by atoms with Crippen molar-refractivity contribution in [1.29, 1.82) is 0 Å². The monoisotopic (exact) mass is 947 g/mol. The average Bonchev–Trinajstić information content (AvgIpc) is 3.97. The largest absolute Gasteiger partial charge is 0.501 e. The summed E-state index contributed by atoms with van der Waals surface area (Å²) in [4.78, 5) is 24.3. The van der Waals surface area contributed by atoms with E-state index in [1.54, 1.807) is 30.5 Å². The Morgan fingerprint density at radius 3 is 2.44 bits per heavy atom. The first-order valence-corrected chi connectivity index (χ1v) is 25.8. The first-order valence-electron chi connectivity index (χ1n) is 22.8. The molecule has 4 aliphatic rings. The zero-order valence-corrected chi connectivity index (χ0v) is 38.7. The fraction of sp³-hybridized carbons (Fsp3) is 0.458. The van der Waals surface area contributed by atoms with Gasteiger partial charge in [0, 0.05) is 55.1 Å². The highest BCUT2D eigenvalue weighted by atomic mass is 32.2. The number of carbonyl (C=O) groups excluding carboxylic acids is 1. The fourth-order valence-electron chi connectivity index (χ4n) is 10.5. The van der Waals surface area contributed by atoms with Crippen LogP contribution in [-0.2, 0) is 19.9 Å². The minimum atomic E-state index is -6.01. The maximum atomic E-state index is 14.0. The molecule has 1 amide bonds. The predicted octanol–water partition coefficient (Wildman–Crippen LogP) is 8.89. The molecule has 9 rings (SSSR count). The van der Waals surface area contributed by atoms with E-state index in [9.17, 15) is 34.8 Å². The lowest BCUT2D eigenvalue weighted by Crippen LogP contribution is -2.54. The molecule has 0 bridgehead atoms. The molecule has 5 heterocycles. The quantitative estimate of drug-likeness (QED) is 0.0891. The molecule has 1 atom stereocenters. The van der Waals surface area contributed by atoms with Crippen LogP contribution < -0.4 is 25.0 Å². The Labute approximate surface area is 383 Å². The topological polar surface area (TPSA) is 166 Å². The first kappa shape index (κ1) is 46.0. The summed E-state index contributed by atoms with van der Waals surface area (Å²) in [5.41, 5.74) is -1.75. The molecule has 3 aliphatic heterocycles. The summed E-state index contributed by atoms with van der Waals surface area (Å²) in [6.45, 7) is 8.79. The van der Waals surface area contributed by atoms with Crippen molar-refractivity contribution in [1.82, 2.24) is 24.9 Å². The lowest BCUT2D eigenvalue weighted by Gasteiger charge is -2.56. The standard InChI is InChI=1S/C48H56F3N7O6S2/c1-31(2)38-6-3-4-7-39(38)42-8-5-21-58(42)35-27-47(28-35)16-22-57(23-17-47)34-9-11-40(43(25-34)64-36-24-33-15-20-53-45(33)55-30-36)46(59)56-66(62,63)37-10-12-41(54-29-32-13-18-52-19-14-32)44(26-37)65(60,61)48(49,50)51/h3-4,6-7,9-12,15,20,24-26,30-32,35,42,52,54H,5,8,13-14,16-19,21-23,27-29H2,1-2H3,(H,53,55)(H,56,59)/t42-/m0/s1. The number of hydrogen-bond acceptors (Lipinski definition) is 11. The number of benzene rings is 3. The minimum Gasteiger partial charge on any atom is -0.455 e. The smallest absolute Gasteiger partial charge is 0.455 e. The number of sulfone groups is 1. The molecule has 1 aliphatic carbocycles. The van der Waals surface area contributed by atoms with Crippen molar-refractivity contribution in [3.05, 3.63) is 102 Å². The number of alkyl halides is 3. The Kier molecular flexibility index (Phi) is 12.6. The summed E-state index contributed by atoms with van der Waals surface area (Å²) in [6, 6.07) is 20.6. The zero-order chi connectivity index (χ0) is 46.4. The average molecular weight is 948 g/mol. The Hall–Kier alpha value is -5.17. The van der Waals surface area contributed by atoms with Crippen LogP contribution in [0.5, 0.6) is 11.5 Å². The summed E-state index contributed by atoms with van der Waals surface area (Å²) in [5.74, 6) is -0.294. The third-order valence-electron chi connectivity index (χ3n) is 14.2. The lowest BCUT2D eigenvalue weighted by atomic mass is 9.59. The number of anilines is 2. The van der Waals surface area contributed by atoms with Gasteiger partial charge in [0.2, 0.25) is 0 Å². The summed E-state index contributed by atoms with van der Waals surface area (Å²) >= 11 is 0. The lowest BCUT2D eigenvalue weighted by molar-refractivity contribution is -0.0435. The molecule has 18 heteroatoms. The molecule has 0 unspecified atom stereocenters. The molecule has 3 saturated heterocycles. The number of carbonyl (C=O) groups is 1. The van der Waals surface area contributed by atoms with Gasteiger partial charge in [-0.3, -0.25) is 9.69 Å². The number of nitrogens with zero attached hydrogens (tertiary/aromatic N) is 3. The van der Waals surface area contributed by atoms with Gasteiger partial charge >= 0.3 is 5.51 Å². The van der Waals surface area contributed by atoms with Gasteiger partial charge in [-0.05, 0) is 142 Å². The molecule has 13 nitrogen and oxygen atoms in total. The first-order chi connectivity index (χ1) is 31.5. The van der Waals surface area contributed by atoms with Gasteiger partial charge in [-0.25, -0.2) is 26.5 Å². The number of fused-ring (bicyclic) bond motifs is 1. The van der Waals surface area contributed by atoms with E-state index >= 15 is 0 Å². The van der Waals surface area contributed by atoms with Crippen molar-refractivity contribution in [2.45, 2.75) is 98.5 Å². The van der Waals surface area contributed by atoms with Gasteiger partial charge in [-0.1, -0.05) is 38.1 Å². The summed E-state index contributed by atoms with van der Waals surface area (Å²) in [6.07, 6.45) is 11.3. The third kappa shape index (κ3) is 9.25. The van der Waals surface area contributed by atoms with Gasteiger partial charge in [-0.15, -0.1) is 0 Å². The van der Waals surface area contributed by atoms with Gasteiger partial charge in [0.05, 0.1) is 22.3 Å². The SMILES string of the molecule is CC(C)c1ccccc1[C@@H]1CCCN1C1CC2(CCN(c3ccc(C(=O)NS(=O)(=O)c4ccc(NCC5CCNCC5)c(S(=O)(=O)C(F)(F)F)c4)c(Oc4cnc5[nH]ccc5c4)c3)CC2)C1. The molecule has 352 valence electrons.